The Morgan fingerprint density at radius 1 is 1.16 bits per heavy atom. The van der Waals surface area contributed by atoms with Gasteiger partial charge in [-0.05, 0) is 71.1 Å². The topological polar surface area (TPSA) is 103 Å². The van der Waals surface area contributed by atoms with Crippen LogP contribution in [0, 0.1) is 12.7 Å². The summed E-state index contributed by atoms with van der Waals surface area (Å²) < 4.78 is 30.9. The van der Waals surface area contributed by atoms with Crippen molar-refractivity contribution in [1.82, 2.24) is 14.9 Å². The first-order valence-electron chi connectivity index (χ1n) is 12.5. The van der Waals surface area contributed by atoms with Gasteiger partial charge in [0.15, 0.2) is 0 Å². The quantitative estimate of drug-likeness (QED) is 0.365. The van der Waals surface area contributed by atoms with E-state index in [0.717, 1.165) is 12.8 Å². The molecule has 2 aromatic heterocycles. The predicted molar refractivity (Wildman–Crippen MR) is 144 cm³/mol. The normalized spacial score (nSPS) is 17.7. The number of benzene rings is 1. The number of rotatable bonds is 6. The molecule has 0 aliphatic heterocycles. The van der Waals surface area contributed by atoms with Crippen molar-refractivity contribution in [3.05, 3.63) is 40.8 Å². The summed E-state index contributed by atoms with van der Waals surface area (Å²) in [6.45, 7) is 7.35. The van der Waals surface area contributed by atoms with Crippen molar-refractivity contribution in [2.45, 2.75) is 71.1 Å². The number of aryl methyl sites for hydroxylation is 1. The van der Waals surface area contributed by atoms with Crippen LogP contribution in [0.5, 0.6) is 5.75 Å². The maximum absolute atomic E-state index is 14.2. The summed E-state index contributed by atoms with van der Waals surface area (Å²) in [7, 11) is 3.09. The number of carbonyl (C=O) groups excluding carboxylic acids is 2. The van der Waals surface area contributed by atoms with Crippen molar-refractivity contribution >= 4 is 45.1 Å². The Hall–Kier alpha value is -3.47. The average Bonchev–Trinajstić information content (AvgIpc) is 3.21. The first kappa shape index (κ1) is 27.6. The fraction of sp³-hybridized carbons (Fsp3) is 0.481. The van der Waals surface area contributed by atoms with Gasteiger partial charge in [0.1, 0.15) is 39.0 Å². The summed E-state index contributed by atoms with van der Waals surface area (Å²) in [5.41, 5.74) is 0.700. The van der Waals surface area contributed by atoms with Gasteiger partial charge in [-0.2, -0.15) is 0 Å². The minimum atomic E-state index is -0.551. The number of hydrogen-bond acceptors (Lipinski definition) is 9. The Kier molecular flexibility index (Phi) is 8.05. The lowest BCUT2D eigenvalue weighted by Crippen LogP contribution is -2.43. The molecule has 1 aromatic carbocycles. The standard InChI is InChI=1S/C27H33FN4O5S/c1-15-21-23(29-14-30-24(21)38-22(15)25(33)35-6)31-19-12-7-16(28)13-20(19)36-18-10-8-17(9-11-18)32(5)26(34)37-27(2,3)4/h7,12-14,17-18H,8-11H2,1-6H3,(H,29,30,31). The lowest BCUT2D eigenvalue weighted by molar-refractivity contribution is 0.0139. The van der Waals surface area contributed by atoms with E-state index in [-0.39, 0.29) is 18.2 Å². The Morgan fingerprint density at radius 2 is 1.87 bits per heavy atom. The van der Waals surface area contributed by atoms with Crippen molar-refractivity contribution in [2.75, 3.05) is 19.5 Å². The molecule has 2 heterocycles. The molecule has 0 bridgehead atoms. The zero-order valence-corrected chi connectivity index (χ0v) is 23.3. The van der Waals surface area contributed by atoms with E-state index < -0.39 is 17.4 Å². The molecule has 9 nitrogen and oxygen atoms in total. The van der Waals surface area contributed by atoms with Crippen LogP contribution in [0.3, 0.4) is 0 Å². The maximum atomic E-state index is 14.2. The number of fused-ring (bicyclic) bond motifs is 1. The number of amides is 1. The SMILES string of the molecule is COC(=O)c1sc2ncnc(Nc3ccc(F)cc3OC3CCC(N(C)C(=O)OC(C)(C)C)CC3)c2c1C. The Balaban J connectivity index is 1.49. The maximum Gasteiger partial charge on any atom is 0.410 e. The highest BCUT2D eigenvalue weighted by Gasteiger charge is 2.30. The van der Waals surface area contributed by atoms with Crippen LogP contribution in [-0.2, 0) is 9.47 Å². The zero-order chi connectivity index (χ0) is 27.6. The van der Waals surface area contributed by atoms with E-state index in [4.69, 9.17) is 14.2 Å². The monoisotopic (exact) mass is 544 g/mol. The van der Waals surface area contributed by atoms with Gasteiger partial charge < -0.3 is 24.4 Å². The molecule has 1 amide bonds. The third kappa shape index (κ3) is 6.15. The molecule has 0 atom stereocenters. The van der Waals surface area contributed by atoms with Gasteiger partial charge in [-0.25, -0.2) is 23.9 Å². The summed E-state index contributed by atoms with van der Waals surface area (Å²) in [5, 5.41) is 3.94. The predicted octanol–water partition coefficient (Wildman–Crippen LogP) is 6.23. The Bertz CT molecular complexity index is 1330. The molecule has 1 aliphatic rings. The highest BCUT2D eigenvalue weighted by Crippen LogP contribution is 2.38. The average molecular weight is 545 g/mol. The molecular weight excluding hydrogens is 511 g/mol. The molecule has 1 fully saturated rings. The van der Waals surface area contributed by atoms with Gasteiger partial charge in [0.25, 0.3) is 0 Å². The molecule has 1 N–H and O–H groups in total. The van der Waals surface area contributed by atoms with Gasteiger partial charge in [-0.15, -0.1) is 11.3 Å². The summed E-state index contributed by atoms with van der Waals surface area (Å²) in [5.74, 6) is -0.00794. The number of anilines is 2. The van der Waals surface area contributed by atoms with Crippen molar-refractivity contribution in [1.29, 1.82) is 0 Å². The molecule has 38 heavy (non-hydrogen) atoms. The number of thiophene rings is 1. The fourth-order valence-corrected chi connectivity index (χ4v) is 5.56. The smallest absolute Gasteiger partial charge is 0.410 e. The number of nitrogens with one attached hydrogen (secondary N) is 1. The first-order valence-corrected chi connectivity index (χ1v) is 13.3. The summed E-state index contributed by atoms with van der Waals surface area (Å²) in [6.07, 6.45) is 3.84. The van der Waals surface area contributed by atoms with E-state index in [1.54, 1.807) is 18.0 Å². The van der Waals surface area contributed by atoms with E-state index in [0.29, 0.717) is 50.8 Å². The molecular formula is C27H33FN4O5S. The van der Waals surface area contributed by atoms with Crippen LogP contribution in [0.4, 0.5) is 20.7 Å². The minimum absolute atomic E-state index is 0.0506. The molecule has 204 valence electrons. The highest BCUT2D eigenvalue weighted by atomic mass is 32.1. The number of halogens is 1. The largest absolute Gasteiger partial charge is 0.488 e. The third-order valence-corrected chi connectivity index (χ3v) is 7.64. The van der Waals surface area contributed by atoms with E-state index in [1.165, 1.54) is 36.9 Å². The molecule has 1 saturated carbocycles. The minimum Gasteiger partial charge on any atom is -0.488 e. The van der Waals surface area contributed by atoms with Crippen LogP contribution < -0.4 is 10.1 Å². The first-order chi connectivity index (χ1) is 18.0. The van der Waals surface area contributed by atoms with Crippen LogP contribution in [0.1, 0.15) is 61.7 Å². The van der Waals surface area contributed by atoms with Crippen LogP contribution >= 0.6 is 11.3 Å². The van der Waals surface area contributed by atoms with Crippen molar-refractivity contribution in [3.8, 4) is 5.75 Å². The summed E-state index contributed by atoms with van der Waals surface area (Å²) in [6, 6.07) is 4.35. The lowest BCUT2D eigenvalue weighted by Gasteiger charge is -2.35. The molecule has 0 unspecified atom stereocenters. The third-order valence-electron chi connectivity index (χ3n) is 6.46. The van der Waals surface area contributed by atoms with Crippen molar-refractivity contribution < 1.29 is 28.2 Å². The van der Waals surface area contributed by atoms with E-state index in [1.807, 2.05) is 27.7 Å². The molecule has 3 aromatic rings. The van der Waals surface area contributed by atoms with E-state index in [9.17, 15) is 14.0 Å². The van der Waals surface area contributed by atoms with E-state index in [2.05, 4.69) is 15.3 Å². The number of aromatic nitrogens is 2. The Morgan fingerprint density at radius 3 is 2.53 bits per heavy atom. The summed E-state index contributed by atoms with van der Waals surface area (Å²) >= 11 is 1.23. The second-order valence-electron chi connectivity index (χ2n) is 10.4. The molecule has 0 saturated heterocycles. The molecule has 0 radical (unpaired) electrons. The Labute approximate surface area is 225 Å². The zero-order valence-electron chi connectivity index (χ0n) is 22.5. The number of methoxy groups -OCH3 is 1. The van der Waals surface area contributed by atoms with Crippen LogP contribution in [0.15, 0.2) is 24.5 Å². The van der Waals surface area contributed by atoms with Gasteiger partial charge >= 0.3 is 12.1 Å². The van der Waals surface area contributed by atoms with Crippen molar-refractivity contribution in [3.63, 3.8) is 0 Å². The van der Waals surface area contributed by atoms with Gasteiger partial charge in [-0.1, -0.05) is 0 Å². The number of carbonyl (C=O) groups is 2. The lowest BCUT2D eigenvalue weighted by atomic mass is 9.92. The molecule has 4 rings (SSSR count). The number of esters is 1. The molecule has 0 spiro atoms. The highest BCUT2D eigenvalue weighted by molar-refractivity contribution is 7.20. The number of nitrogens with zero attached hydrogens (tertiary/aromatic N) is 3. The second kappa shape index (κ2) is 11.1. The summed E-state index contributed by atoms with van der Waals surface area (Å²) in [4.78, 5) is 36.0. The van der Waals surface area contributed by atoms with Gasteiger partial charge in [0, 0.05) is 19.2 Å². The number of hydrogen-bond donors (Lipinski definition) is 1. The van der Waals surface area contributed by atoms with Crippen LogP contribution in [0.2, 0.25) is 0 Å². The van der Waals surface area contributed by atoms with Gasteiger partial charge in [0.2, 0.25) is 0 Å². The molecule has 11 heteroatoms. The van der Waals surface area contributed by atoms with Crippen LogP contribution in [0.25, 0.3) is 10.2 Å². The fourth-order valence-electron chi connectivity index (χ4n) is 4.49. The van der Waals surface area contributed by atoms with Crippen LogP contribution in [-0.4, -0.2) is 58.8 Å². The number of ether oxygens (including phenoxy) is 3. The van der Waals surface area contributed by atoms with E-state index >= 15 is 0 Å². The second-order valence-corrected chi connectivity index (χ2v) is 11.4. The van der Waals surface area contributed by atoms with Gasteiger partial charge in [-0.3, -0.25) is 0 Å². The van der Waals surface area contributed by atoms with Gasteiger partial charge in [0.05, 0.1) is 24.3 Å². The van der Waals surface area contributed by atoms with Crippen molar-refractivity contribution in [2.24, 2.45) is 0 Å². The molecule has 1 aliphatic carbocycles.